The molecule has 2 unspecified atom stereocenters. The van der Waals surface area contributed by atoms with Crippen LogP contribution in [0.3, 0.4) is 0 Å². The van der Waals surface area contributed by atoms with Gasteiger partial charge in [-0.2, -0.15) is 8.78 Å². The van der Waals surface area contributed by atoms with Gasteiger partial charge in [-0.05, 0) is 19.9 Å². The molecule has 2 heterocycles. The summed E-state index contributed by atoms with van der Waals surface area (Å²) in [4.78, 5) is 18.0. The minimum Gasteiger partial charge on any atom is -0.417 e. The van der Waals surface area contributed by atoms with E-state index in [-0.39, 0.29) is 24.0 Å². The highest BCUT2D eigenvalue weighted by atomic mass is 19.3. The van der Waals surface area contributed by atoms with Crippen molar-refractivity contribution < 1.29 is 23.0 Å². The third kappa shape index (κ3) is 5.57. The van der Waals surface area contributed by atoms with E-state index in [1.54, 1.807) is 0 Å². The fourth-order valence-corrected chi connectivity index (χ4v) is 2.41. The van der Waals surface area contributed by atoms with Crippen molar-refractivity contribution in [2.24, 2.45) is 0 Å². The van der Waals surface area contributed by atoms with Crippen LogP contribution in [0.25, 0.3) is 0 Å². The molecule has 2 rings (SSSR count). The summed E-state index contributed by atoms with van der Waals surface area (Å²) >= 11 is 0. The van der Waals surface area contributed by atoms with Crippen molar-refractivity contribution in [1.29, 1.82) is 0 Å². The lowest BCUT2D eigenvalue weighted by molar-refractivity contribution is -0.0528. The number of halogens is 2. The maximum atomic E-state index is 12.0. The van der Waals surface area contributed by atoms with Crippen molar-refractivity contribution in [3.05, 3.63) is 18.3 Å². The summed E-state index contributed by atoms with van der Waals surface area (Å²) < 4.78 is 33.6. The number of nitrogens with zero attached hydrogens (tertiary/aromatic N) is 2. The van der Waals surface area contributed by atoms with Crippen LogP contribution in [0.15, 0.2) is 18.3 Å². The molecular weight excluding hydrogens is 322 g/mol. The van der Waals surface area contributed by atoms with E-state index in [1.807, 2.05) is 13.8 Å². The molecule has 2 atom stereocenters. The number of hydrogen-bond acceptors (Lipinski definition) is 5. The second-order valence-electron chi connectivity index (χ2n) is 5.54. The van der Waals surface area contributed by atoms with E-state index in [0.717, 1.165) is 13.1 Å². The lowest BCUT2D eigenvalue weighted by Gasteiger charge is -2.35. The Morgan fingerprint density at radius 3 is 2.62 bits per heavy atom. The van der Waals surface area contributed by atoms with Crippen molar-refractivity contribution in [2.75, 3.05) is 31.6 Å². The Kier molecular flexibility index (Phi) is 6.68. The predicted octanol–water partition coefficient (Wildman–Crippen LogP) is 1.91. The Morgan fingerprint density at radius 2 is 2.04 bits per heavy atom. The smallest absolute Gasteiger partial charge is 0.388 e. The number of rotatable bonds is 6. The molecule has 1 aromatic rings. The lowest BCUT2D eigenvalue weighted by atomic mass is 10.1. The van der Waals surface area contributed by atoms with Crippen LogP contribution < -0.4 is 15.4 Å². The average molecular weight is 344 g/mol. The fraction of sp³-hybridized carbons (Fsp3) is 0.600. The van der Waals surface area contributed by atoms with Crippen molar-refractivity contribution in [1.82, 2.24) is 15.2 Å². The zero-order valence-electron chi connectivity index (χ0n) is 13.7. The Morgan fingerprint density at radius 1 is 1.33 bits per heavy atom. The first kappa shape index (κ1) is 18.3. The monoisotopic (exact) mass is 344 g/mol. The molecular formula is C15H22F2N4O3. The highest BCUT2D eigenvalue weighted by Gasteiger charge is 2.23. The Labute approximate surface area is 139 Å². The number of nitrogens with one attached hydrogen (secondary N) is 2. The molecule has 1 fully saturated rings. The van der Waals surface area contributed by atoms with E-state index in [1.165, 1.54) is 18.3 Å². The molecule has 2 amide bonds. The van der Waals surface area contributed by atoms with Gasteiger partial charge in [-0.3, -0.25) is 4.90 Å². The second-order valence-corrected chi connectivity index (χ2v) is 5.54. The molecule has 1 aliphatic rings. The van der Waals surface area contributed by atoms with Gasteiger partial charge < -0.3 is 20.1 Å². The van der Waals surface area contributed by atoms with Crippen LogP contribution in [0, 0.1) is 0 Å². The van der Waals surface area contributed by atoms with Crippen molar-refractivity contribution in [2.45, 2.75) is 32.5 Å². The topological polar surface area (TPSA) is 75.7 Å². The number of carbonyl (C=O) groups is 1. The maximum Gasteiger partial charge on any atom is 0.388 e. The zero-order chi connectivity index (χ0) is 17.5. The van der Waals surface area contributed by atoms with Crippen LogP contribution in [0.1, 0.15) is 13.8 Å². The number of ether oxygens (including phenoxy) is 2. The number of aromatic nitrogens is 1. The van der Waals surface area contributed by atoms with Gasteiger partial charge in [-0.1, -0.05) is 0 Å². The van der Waals surface area contributed by atoms with E-state index in [9.17, 15) is 13.6 Å². The van der Waals surface area contributed by atoms with E-state index >= 15 is 0 Å². The van der Waals surface area contributed by atoms with Crippen LogP contribution >= 0.6 is 0 Å². The summed E-state index contributed by atoms with van der Waals surface area (Å²) in [7, 11) is 0. The van der Waals surface area contributed by atoms with Gasteiger partial charge in [0.2, 0.25) is 5.88 Å². The summed E-state index contributed by atoms with van der Waals surface area (Å²) in [5.41, 5.74) is 0.389. The molecule has 0 radical (unpaired) electrons. The number of anilines is 1. The number of hydrogen-bond donors (Lipinski definition) is 2. The SMILES string of the molecule is CC(NC(=O)Nc1ccc(OC(F)F)nc1)C(C)N1CCOCC1. The van der Waals surface area contributed by atoms with Crippen LogP contribution in [0.2, 0.25) is 0 Å². The zero-order valence-corrected chi connectivity index (χ0v) is 13.7. The predicted molar refractivity (Wildman–Crippen MR) is 84.3 cm³/mol. The second kappa shape index (κ2) is 8.74. The summed E-state index contributed by atoms with van der Waals surface area (Å²) in [6, 6.07) is 2.42. The number of amides is 2. The van der Waals surface area contributed by atoms with Gasteiger partial charge in [-0.25, -0.2) is 9.78 Å². The molecule has 2 N–H and O–H groups in total. The van der Waals surface area contributed by atoms with Crippen LogP contribution in [-0.4, -0.2) is 60.9 Å². The quantitative estimate of drug-likeness (QED) is 0.825. The van der Waals surface area contributed by atoms with E-state index in [2.05, 4.69) is 25.3 Å². The number of alkyl halides is 2. The van der Waals surface area contributed by atoms with Crippen molar-refractivity contribution in [3.63, 3.8) is 0 Å². The molecule has 1 aromatic heterocycles. The summed E-state index contributed by atoms with van der Waals surface area (Å²) in [6.07, 6.45) is 1.26. The third-order valence-electron chi connectivity index (χ3n) is 3.91. The minimum atomic E-state index is -2.93. The number of pyridine rings is 1. The first-order valence-corrected chi connectivity index (χ1v) is 7.76. The maximum absolute atomic E-state index is 12.0. The molecule has 1 aliphatic heterocycles. The highest BCUT2D eigenvalue weighted by molar-refractivity contribution is 5.89. The molecule has 7 nitrogen and oxygen atoms in total. The molecule has 0 aromatic carbocycles. The van der Waals surface area contributed by atoms with Crippen LogP contribution in [0.4, 0.5) is 19.3 Å². The summed E-state index contributed by atoms with van der Waals surface area (Å²) in [6.45, 7) is 4.12. The number of urea groups is 1. The van der Waals surface area contributed by atoms with E-state index < -0.39 is 6.61 Å². The van der Waals surface area contributed by atoms with Crippen LogP contribution in [0.5, 0.6) is 5.88 Å². The minimum absolute atomic E-state index is 0.0718. The normalized spacial score (nSPS) is 18.0. The Balaban J connectivity index is 1.81. The Bertz CT molecular complexity index is 524. The van der Waals surface area contributed by atoms with Crippen molar-refractivity contribution in [3.8, 4) is 5.88 Å². The molecule has 1 saturated heterocycles. The summed E-state index contributed by atoms with van der Waals surface area (Å²) in [5, 5.41) is 5.47. The summed E-state index contributed by atoms with van der Waals surface area (Å²) in [5.74, 6) is -0.203. The van der Waals surface area contributed by atoms with Gasteiger partial charge in [0.25, 0.3) is 0 Å². The largest absolute Gasteiger partial charge is 0.417 e. The first-order chi connectivity index (χ1) is 11.5. The fourth-order valence-electron chi connectivity index (χ4n) is 2.41. The van der Waals surface area contributed by atoms with Gasteiger partial charge in [0.1, 0.15) is 0 Å². The van der Waals surface area contributed by atoms with Gasteiger partial charge in [0.05, 0.1) is 25.1 Å². The molecule has 134 valence electrons. The highest BCUT2D eigenvalue weighted by Crippen LogP contribution is 2.14. The standard InChI is InChI=1S/C15H22F2N4O3/c1-10(11(2)21-5-7-23-8-6-21)19-15(22)20-12-3-4-13(18-9-12)24-14(16)17/h3-4,9-11,14H,5-8H2,1-2H3,(H2,19,20,22). The van der Waals surface area contributed by atoms with Gasteiger partial charge >= 0.3 is 12.6 Å². The number of morpholine rings is 1. The lowest BCUT2D eigenvalue weighted by Crippen LogP contribution is -2.52. The van der Waals surface area contributed by atoms with Gasteiger partial charge in [0, 0.05) is 31.2 Å². The Hall–Kier alpha value is -2.00. The van der Waals surface area contributed by atoms with E-state index in [4.69, 9.17) is 4.74 Å². The average Bonchev–Trinajstić information content (AvgIpc) is 2.56. The molecule has 0 aliphatic carbocycles. The van der Waals surface area contributed by atoms with Gasteiger partial charge in [-0.15, -0.1) is 0 Å². The van der Waals surface area contributed by atoms with Crippen molar-refractivity contribution >= 4 is 11.7 Å². The third-order valence-corrected chi connectivity index (χ3v) is 3.91. The molecule has 0 bridgehead atoms. The first-order valence-electron chi connectivity index (χ1n) is 7.76. The van der Waals surface area contributed by atoms with E-state index in [0.29, 0.717) is 18.9 Å². The van der Waals surface area contributed by atoms with Gasteiger partial charge in [0.15, 0.2) is 0 Å². The molecule has 9 heteroatoms. The van der Waals surface area contributed by atoms with Crippen LogP contribution in [-0.2, 0) is 4.74 Å². The molecule has 0 spiro atoms. The molecule has 24 heavy (non-hydrogen) atoms. The molecule has 0 saturated carbocycles. The number of carbonyl (C=O) groups excluding carboxylic acids is 1.